The molecule has 0 aliphatic heterocycles. The molecule has 0 spiro atoms. The van der Waals surface area contributed by atoms with Gasteiger partial charge in [0, 0.05) is 22.5 Å². The molecule has 2 N–H and O–H groups in total. The average molecular weight is 441 g/mol. The van der Waals surface area contributed by atoms with E-state index in [0.29, 0.717) is 46.8 Å². The summed E-state index contributed by atoms with van der Waals surface area (Å²) in [5.74, 6) is 1.03. The van der Waals surface area contributed by atoms with Gasteiger partial charge >= 0.3 is 0 Å². The number of fused-ring (bicyclic) bond motifs is 2. The highest BCUT2D eigenvalue weighted by atomic mass is 35.5. The molecule has 0 amide bonds. The molecule has 0 atom stereocenters. The van der Waals surface area contributed by atoms with Gasteiger partial charge in [-0.15, -0.1) is 23.2 Å². The van der Waals surface area contributed by atoms with E-state index < -0.39 is 0 Å². The third-order valence-electron chi connectivity index (χ3n) is 5.45. The number of aromatic nitrogens is 2. The third kappa shape index (κ3) is 3.78. The zero-order valence-corrected chi connectivity index (χ0v) is 17.9. The Hall–Kier alpha value is -2.56. The van der Waals surface area contributed by atoms with Crippen LogP contribution in [0.2, 0.25) is 0 Å². The maximum atomic E-state index is 12.9. The van der Waals surface area contributed by atoms with Gasteiger partial charge in [0.25, 0.3) is 11.1 Å². The topological polar surface area (TPSA) is 65.7 Å². The summed E-state index contributed by atoms with van der Waals surface area (Å²) >= 11 is 12.0. The summed E-state index contributed by atoms with van der Waals surface area (Å²) in [4.78, 5) is 31.9. The largest absolute Gasteiger partial charge is 0.320 e. The van der Waals surface area contributed by atoms with Crippen LogP contribution in [0.4, 0.5) is 0 Å². The van der Waals surface area contributed by atoms with Crippen molar-refractivity contribution in [1.29, 1.82) is 0 Å². The highest BCUT2D eigenvalue weighted by Crippen LogP contribution is 2.32. The third-order valence-corrected chi connectivity index (χ3v) is 5.98. The van der Waals surface area contributed by atoms with E-state index in [1.54, 1.807) is 0 Å². The van der Waals surface area contributed by atoms with Crippen molar-refractivity contribution in [2.45, 2.75) is 25.7 Å². The van der Waals surface area contributed by atoms with Crippen LogP contribution in [0.5, 0.6) is 0 Å². The van der Waals surface area contributed by atoms with Crippen LogP contribution in [-0.2, 0) is 12.8 Å². The van der Waals surface area contributed by atoms with Gasteiger partial charge in [0.1, 0.15) is 0 Å². The first-order chi connectivity index (χ1) is 14.7. The fourth-order valence-corrected chi connectivity index (χ4v) is 4.37. The van der Waals surface area contributed by atoms with Gasteiger partial charge in [-0.2, -0.15) is 0 Å². The Bertz CT molecular complexity index is 1220. The first-order valence-corrected chi connectivity index (χ1v) is 11.1. The predicted molar refractivity (Wildman–Crippen MR) is 126 cm³/mol. The lowest BCUT2D eigenvalue weighted by atomic mass is 9.93. The van der Waals surface area contributed by atoms with E-state index in [0.717, 1.165) is 34.7 Å². The highest BCUT2D eigenvalue weighted by Gasteiger charge is 2.19. The molecule has 0 aliphatic rings. The molecule has 154 valence electrons. The summed E-state index contributed by atoms with van der Waals surface area (Å²) < 4.78 is 0. The second-order valence-corrected chi connectivity index (χ2v) is 8.05. The van der Waals surface area contributed by atoms with Crippen molar-refractivity contribution in [3.8, 4) is 11.4 Å². The first kappa shape index (κ1) is 20.7. The number of aromatic amines is 2. The van der Waals surface area contributed by atoms with Crippen molar-refractivity contribution in [1.82, 2.24) is 9.97 Å². The van der Waals surface area contributed by atoms with Crippen LogP contribution in [-0.4, -0.2) is 21.7 Å². The molecule has 4 nitrogen and oxygen atoms in total. The zero-order chi connectivity index (χ0) is 21.1. The molecule has 0 fully saturated rings. The van der Waals surface area contributed by atoms with Crippen molar-refractivity contribution in [2.75, 3.05) is 11.8 Å². The fourth-order valence-electron chi connectivity index (χ4n) is 4.10. The quantitative estimate of drug-likeness (QED) is 0.378. The minimum atomic E-state index is -0.174. The smallest absolute Gasteiger partial charge is 0.256 e. The summed E-state index contributed by atoms with van der Waals surface area (Å²) in [6.07, 6.45) is 2.92. The number of H-pyrrole nitrogens is 2. The molecule has 2 aromatic heterocycles. The molecular formula is C24H22Cl2N2O2. The summed E-state index contributed by atoms with van der Waals surface area (Å²) in [5, 5.41) is 3.05. The minimum Gasteiger partial charge on any atom is -0.320 e. The molecule has 30 heavy (non-hydrogen) atoms. The molecule has 0 radical (unpaired) electrons. The molecular weight excluding hydrogens is 419 g/mol. The van der Waals surface area contributed by atoms with Gasteiger partial charge in [-0.3, -0.25) is 9.59 Å². The molecule has 0 saturated heterocycles. The summed E-state index contributed by atoms with van der Waals surface area (Å²) in [5.41, 5.74) is 2.96. The van der Waals surface area contributed by atoms with E-state index in [9.17, 15) is 9.59 Å². The molecule has 0 saturated carbocycles. The maximum absolute atomic E-state index is 12.9. The van der Waals surface area contributed by atoms with Gasteiger partial charge in [-0.1, -0.05) is 36.4 Å². The van der Waals surface area contributed by atoms with Crippen molar-refractivity contribution >= 4 is 44.7 Å². The Balaban J connectivity index is 2.09. The Labute approximate surface area is 183 Å². The van der Waals surface area contributed by atoms with Gasteiger partial charge < -0.3 is 9.97 Å². The number of rotatable bonds is 7. The Kier molecular flexibility index (Phi) is 6.26. The molecule has 0 bridgehead atoms. The van der Waals surface area contributed by atoms with Gasteiger partial charge in [-0.05, 0) is 59.7 Å². The van der Waals surface area contributed by atoms with E-state index in [-0.39, 0.29) is 11.1 Å². The Morgan fingerprint density at radius 1 is 0.600 bits per heavy atom. The SMILES string of the molecule is O=c1[nH]c(-c2[nH]c(=O)c3ccccc3c2CCCCl)c(CCCCl)c2ccccc12. The number of hydrogen-bond acceptors (Lipinski definition) is 2. The van der Waals surface area contributed by atoms with Crippen LogP contribution in [0.15, 0.2) is 58.1 Å². The molecule has 4 rings (SSSR count). The van der Waals surface area contributed by atoms with Gasteiger partial charge in [-0.25, -0.2) is 0 Å². The zero-order valence-electron chi connectivity index (χ0n) is 16.4. The second-order valence-electron chi connectivity index (χ2n) is 7.29. The van der Waals surface area contributed by atoms with Crippen molar-refractivity contribution in [3.05, 3.63) is 80.4 Å². The molecule has 2 aromatic carbocycles. The Morgan fingerprint density at radius 3 is 1.33 bits per heavy atom. The van der Waals surface area contributed by atoms with E-state index in [4.69, 9.17) is 23.2 Å². The number of hydrogen-bond donors (Lipinski definition) is 2. The molecule has 0 aliphatic carbocycles. The molecule has 6 heteroatoms. The molecule has 0 unspecified atom stereocenters. The van der Waals surface area contributed by atoms with Gasteiger partial charge in [0.2, 0.25) is 0 Å². The Morgan fingerprint density at radius 2 is 0.967 bits per heavy atom. The van der Waals surface area contributed by atoms with E-state index in [1.807, 2.05) is 48.5 Å². The number of benzene rings is 2. The lowest BCUT2D eigenvalue weighted by Crippen LogP contribution is -2.16. The van der Waals surface area contributed by atoms with Gasteiger partial charge in [0.15, 0.2) is 0 Å². The van der Waals surface area contributed by atoms with Gasteiger partial charge in [0.05, 0.1) is 11.4 Å². The number of alkyl halides is 2. The number of halogens is 2. The molecule has 4 aromatic rings. The van der Waals surface area contributed by atoms with E-state index in [2.05, 4.69) is 9.97 Å². The van der Waals surface area contributed by atoms with Crippen molar-refractivity contribution in [3.63, 3.8) is 0 Å². The predicted octanol–water partition coefficient (Wildman–Crippen LogP) is 5.38. The second kappa shape index (κ2) is 9.07. The minimum absolute atomic E-state index is 0.174. The standard InChI is InChI=1S/C24H22Cl2N2O2/c25-13-5-11-17-15-7-1-3-9-19(15)23(29)27-21(17)22-18(12-6-14-26)16-8-2-4-10-20(16)24(30)28-22/h1-4,7-10H,5-6,11-14H2,(H,27,29)(H,28,30). The van der Waals surface area contributed by atoms with Crippen LogP contribution in [0.1, 0.15) is 24.0 Å². The van der Waals surface area contributed by atoms with Crippen LogP contribution < -0.4 is 11.1 Å². The normalized spacial score (nSPS) is 11.4. The number of aryl methyl sites for hydroxylation is 2. The van der Waals surface area contributed by atoms with Crippen molar-refractivity contribution < 1.29 is 0 Å². The maximum Gasteiger partial charge on any atom is 0.256 e. The monoisotopic (exact) mass is 440 g/mol. The summed E-state index contributed by atoms with van der Waals surface area (Å²) in [6.45, 7) is 0. The van der Waals surface area contributed by atoms with E-state index in [1.165, 1.54) is 0 Å². The number of pyridine rings is 2. The summed E-state index contributed by atoms with van der Waals surface area (Å²) in [7, 11) is 0. The lowest BCUT2D eigenvalue weighted by Gasteiger charge is -2.17. The lowest BCUT2D eigenvalue weighted by molar-refractivity contribution is 0.913. The van der Waals surface area contributed by atoms with E-state index >= 15 is 0 Å². The first-order valence-electron chi connectivity index (χ1n) is 10.1. The van der Waals surface area contributed by atoms with Crippen LogP contribution >= 0.6 is 23.2 Å². The fraction of sp³-hybridized carbons (Fsp3) is 0.250. The van der Waals surface area contributed by atoms with Crippen LogP contribution in [0.25, 0.3) is 32.9 Å². The van der Waals surface area contributed by atoms with Crippen molar-refractivity contribution in [2.24, 2.45) is 0 Å². The summed E-state index contributed by atoms with van der Waals surface area (Å²) in [6, 6.07) is 15.1. The van der Waals surface area contributed by atoms with Crippen LogP contribution in [0, 0.1) is 0 Å². The molecule has 2 heterocycles. The highest BCUT2D eigenvalue weighted by molar-refractivity contribution is 6.18. The average Bonchev–Trinajstić information content (AvgIpc) is 2.78. The number of nitrogens with one attached hydrogen (secondary N) is 2. The van der Waals surface area contributed by atoms with Crippen LogP contribution in [0.3, 0.4) is 0 Å².